The SMILES string of the molecule is COc1ccccc1CNS(=O)(=O)CCc1ccccc1F. The zero-order valence-electron chi connectivity index (χ0n) is 12.3. The molecule has 0 aliphatic rings. The molecular weight excluding hydrogens is 305 g/mol. The molecule has 0 saturated heterocycles. The molecule has 0 spiro atoms. The van der Waals surface area contributed by atoms with Gasteiger partial charge in [0.05, 0.1) is 12.9 Å². The number of methoxy groups -OCH3 is 1. The number of ether oxygens (including phenoxy) is 1. The monoisotopic (exact) mass is 323 g/mol. The van der Waals surface area contributed by atoms with Crippen LogP contribution in [0.4, 0.5) is 4.39 Å². The molecule has 2 aromatic rings. The second kappa shape index (κ2) is 7.38. The summed E-state index contributed by atoms with van der Waals surface area (Å²) >= 11 is 0. The van der Waals surface area contributed by atoms with Crippen LogP contribution in [0.25, 0.3) is 0 Å². The van der Waals surface area contributed by atoms with Gasteiger partial charge in [0.25, 0.3) is 0 Å². The number of hydrogen-bond donors (Lipinski definition) is 1. The molecule has 0 aliphatic heterocycles. The predicted molar refractivity (Wildman–Crippen MR) is 83.7 cm³/mol. The maximum absolute atomic E-state index is 13.5. The standard InChI is InChI=1S/C16H18FNO3S/c1-21-16-9-5-3-7-14(16)12-18-22(19,20)11-10-13-6-2-4-8-15(13)17/h2-9,18H,10-12H2,1H3. The van der Waals surface area contributed by atoms with E-state index >= 15 is 0 Å². The van der Waals surface area contributed by atoms with Crippen molar-refractivity contribution in [3.63, 3.8) is 0 Å². The van der Waals surface area contributed by atoms with Gasteiger partial charge in [0.2, 0.25) is 10.0 Å². The highest BCUT2D eigenvalue weighted by molar-refractivity contribution is 7.89. The van der Waals surface area contributed by atoms with Gasteiger partial charge in [0.15, 0.2) is 0 Å². The first kappa shape index (κ1) is 16.5. The van der Waals surface area contributed by atoms with E-state index in [1.807, 2.05) is 12.1 Å². The number of nitrogens with one attached hydrogen (secondary N) is 1. The minimum absolute atomic E-state index is 0.133. The van der Waals surface area contributed by atoms with Gasteiger partial charge in [-0.25, -0.2) is 17.5 Å². The summed E-state index contributed by atoms with van der Waals surface area (Å²) in [6.07, 6.45) is 0.133. The zero-order chi connectivity index (χ0) is 16.0. The maximum atomic E-state index is 13.5. The Hall–Kier alpha value is -1.92. The number of sulfonamides is 1. The molecule has 0 atom stereocenters. The van der Waals surface area contributed by atoms with E-state index < -0.39 is 10.0 Å². The number of benzene rings is 2. The second-order valence-corrected chi connectivity index (χ2v) is 6.72. The Bertz CT molecular complexity index is 732. The molecule has 2 rings (SSSR count). The largest absolute Gasteiger partial charge is 0.496 e. The molecule has 0 radical (unpaired) electrons. The fourth-order valence-electron chi connectivity index (χ4n) is 2.05. The van der Waals surface area contributed by atoms with E-state index in [2.05, 4.69) is 4.72 Å². The van der Waals surface area contributed by atoms with Crippen molar-refractivity contribution >= 4 is 10.0 Å². The van der Waals surface area contributed by atoms with Gasteiger partial charge in [0, 0.05) is 12.1 Å². The van der Waals surface area contributed by atoms with E-state index in [9.17, 15) is 12.8 Å². The number of aryl methyl sites for hydroxylation is 1. The Kier molecular flexibility index (Phi) is 5.51. The minimum Gasteiger partial charge on any atom is -0.496 e. The fraction of sp³-hybridized carbons (Fsp3) is 0.250. The van der Waals surface area contributed by atoms with Crippen LogP contribution in [0, 0.1) is 5.82 Å². The predicted octanol–water partition coefficient (Wildman–Crippen LogP) is 2.50. The Balaban J connectivity index is 1.95. The lowest BCUT2D eigenvalue weighted by molar-refractivity contribution is 0.409. The van der Waals surface area contributed by atoms with E-state index in [-0.39, 0.29) is 24.5 Å². The summed E-state index contributed by atoms with van der Waals surface area (Å²) in [5.41, 5.74) is 1.14. The van der Waals surface area contributed by atoms with Gasteiger partial charge in [-0.05, 0) is 24.1 Å². The quantitative estimate of drug-likeness (QED) is 0.852. The lowest BCUT2D eigenvalue weighted by Crippen LogP contribution is -2.27. The Labute approximate surface area is 130 Å². The van der Waals surface area contributed by atoms with E-state index in [4.69, 9.17) is 4.74 Å². The van der Waals surface area contributed by atoms with Crippen LogP contribution in [0.1, 0.15) is 11.1 Å². The zero-order valence-corrected chi connectivity index (χ0v) is 13.1. The van der Waals surface area contributed by atoms with E-state index in [0.29, 0.717) is 11.3 Å². The molecule has 118 valence electrons. The molecule has 0 bridgehead atoms. The van der Waals surface area contributed by atoms with Gasteiger partial charge in [-0.3, -0.25) is 0 Å². The highest BCUT2D eigenvalue weighted by atomic mass is 32.2. The first-order valence-electron chi connectivity index (χ1n) is 6.84. The smallest absolute Gasteiger partial charge is 0.212 e. The summed E-state index contributed by atoms with van der Waals surface area (Å²) in [6.45, 7) is 0.142. The molecule has 22 heavy (non-hydrogen) atoms. The van der Waals surface area contributed by atoms with E-state index in [1.165, 1.54) is 13.2 Å². The molecule has 2 aromatic carbocycles. The summed E-state index contributed by atoms with van der Waals surface area (Å²) in [5.74, 6) is 0.0741. The number of para-hydroxylation sites is 1. The van der Waals surface area contributed by atoms with Crippen molar-refractivity contribution < 1.29 is 17.5 Å². The second-order valence-electron chi connectivity index (χ2n) is 4.79. The Morgan fingerprint density at radius 2 is 1.68 bits per heavy atom. The van der Waals surface area contributed by atoms with Crippen molar-refractivity contribution in [2.45, 2.75) is 13.0 Å². The molecule has 0 amide bonds. The number of hydrogen-bond acceptors (Lipinski definition) is 3. The summed E-state index contributed by atoms with van der Waals surface area (Å²) < 4.78 is 45.2. The molecule has 6 heteroatoms. The van der Waals surface area contributed by atoms with Crippen LogP contribution in [-0.4, -0.2) is 21.3 Å². The highest BCUT2D eigenvalue weighted by Gasteiger charge is 2.13. The lowest BCUT2D eigenvalue weighted by Gasteiger charge is -2.10. The summed E-state index contributed by atoms with van der Waals surface area (Å²) in [5, 5.41) is 0. The third-order valence-electron chi connectivity index (χ3n) is 3.27. The third-order valence-corrected chi connectivity index (χ3v) is 4.60. The van der Waals surface area contributed by atoms with Crippen molar-refractivity contribution in [1.82, 2.24) is 4.72 Å². The number of rotatable bonds is 7. The van der Waals surface area contributed by atoms with Gasteiger partial charge in [-0.15, -0.1) is 0 Å². The molecule has 1 N–H and O–H groups in total. The fourth-order valence-corrected chi connectivity index (χ4v) is 3.06. The molecule has 4 nitrogen and oxygen atoms in total. The first-order valence-corrected chi connectivity index (χ1v) is 8.50. The van der Waals surface area contributed by atoms with E-state index in [0.717, 1.165) is 5.56 Å². The van der Waals surface area contributed by atoms with Crippen molar-refractivity contribution in [2.75, 3.05) is 12.9 Å². The minimum atomic E-state index is -3.49. The molecule has 0 heterocycles. The van der Waals surface area contributed by atoms with Crippen molar-refractivity contribution in [3.05, 3.63) is 65.5 Å². The van der Waals surface area contributed by atoms with Crippen LogP contribution < -0.4 is 9.46 Å². The van der Waals surface area contributed by atoms with Crippen molar-refractivity contribution in [1.29, 1.82) is 0 Å². The molecule has 0 aliphatic carbocycles. The van der Waals surface area contributed by atoms with Crippen LogP contribution in [0.3, 0.4) is 0 Å². The maximum Gasteiger partial charge on any atom is 0.212 e. The number of halogens is 1. The average Bonchev–Trinajstić information content (AvgIpc) is 2.52. The Morgan fingerprint density at radius 1 is 1.05 bits per heavy atom. The van der Waals surface area contributed by atoms with E-state index in [1.54, 1.807) is 30.3 Å². The molecule has 0 aromatic heterocycles. The third kappa shape index (κ3) is 4.54. The lowest BCUT2D eigenvalue weighted by atomic mass is 10.2. The molecule has 0 unspecified atom stereocenters. The van der Waals surface area contributed by atoms with Gasteiger partial charge in [-0.2, -0.15) is 0 Å². The average molecular weight is 323 g/mol. The van der Waals surface area contributed by atoms with Crippen molar-refractivity contribution in [2.24, 2.45) is 0 Å². The van der Waals surface area contributed by atoms with Crippen LogP contribution in [0.5, 0.6) is 5.75 Å². The molecular formula is C16H18FNO3S. The topological polar surface area (TPSA) is 55.4 Å². The van der Waals surface area contributed by atoms with Crippen LogP contribution in [0.2, 0.25) is 0 Å². The van der Waals surface area contributed by atoms with Gasteiger partial charge in [0.1, 0.15) is 11.6 Å². The first-order chi connectivity index (χ1) is 10.5. The molecule has 0 fully saturated rings. The summed E-state index contributed by atoms with van der Waals surface area (Å²) in [4.78, 5) is 0. The summed E-state index contributed by atoms with van der Waals surface area (Å²) in [7, 11) is -1.96. The van der Waals surface area contributed by atoms with Crippen molar-refractivity contribution in [3.8, 4) is 5.75 Å². The van der Waals surface area contributed by atoms with Gasteiger partial charge in [-0.1, -0.05) is 36.4 Å². The van der Waals surface area contributed by atoms with Gasteiger partial charge < -0.3 is 4.74 Å². The summed E-state index contributed by atoms with van der Waals surface area (Å²) in [6, 6.07) is 13.4. The van der Waals surface area contributed by atoms with Crippen LogP contribution in [-0.2, 0) is 23.0 Å². The molecule has 0 saturated carbocycles. The highest BCUT2D eigenvalue weighted by Crippen LogP contribution is 2.17. The van der Waals surface area contributed by atoms with Crippen LogP contribution in [0.15, 0.2) is 48.5 Å². The van der Waals surface area contributed by atoms with Gasteiger partial charge >= 0.3 is 0 Å². The normalized spacial score (nSPS) is 11.4. The van der Waals surface area contributed by atoms with Crippen LogP contribution >= 0.6 is 0 Å². The Morgan fingerprint density at radius 3 is 2.36 bits per heavy atom.